The summed E-state index contributed by atoms with van der Waals surface area (Å²) in [4.78, 5) is 16.2. The van der Waals surface area contributed by atoms with E-state index >= 15 is 0 Å². The van der Waals surface area contributed by atoms with Gasteiger partial charge in [0.05, 0.1) is 4.90 Å². The number of hydrogen-bond donors (Lipinski definition) is 1. The van der Waals surface area contributed by atoms with Crippen LogP contribution in [0.3, 0.4) is 0 Å². The standard InChI is InChI=1S/C18H27N3O4S/c1-14-7-5-6-8-16(14)26(23,24)20-19-13-15-9-11-21(12-10-15)17(22)25-18(2,3)4/h5-8,13,15,20H,9-12H2,1-4H3/b19-13+. The molecule has 1 amide bonds. The van der Waals surface area contributed by atoms with Gasteiger partial charge in [-0.2, -0.15) is 13.5 Å². The van der Waals surface area contributed by atoms with Crippen LogP contribution in [0.1, 0.15) is 39.2 Å². The fourth-order valence-corrected chi connectivity index (χ4v) is 3.72. The highest BCUT2D eigenvalue weighted by Gasteiger charge is 2.26. The first kappa shape index (κ1) is 20.2. The molecule has 1 aromatic carbocycles. The third-order valence-corrected chi connectivity index (χ3v) is 5.42. The summed E-state index contributed by atoms with van der Waals surface area (Å²) < 4.78 is 29.9. The minimum atomic E-state index is -3.67. The number of likely N-dealkylation sites (tertiary alicyclic amines) is 1. The van der Waals surface area contributed by atoms with Gasteiger partial charge in [-0.3, -0.25) is 0 Å². The van der Waals surface area contributed by atoms with Crippen LogP contribution < -0.4 is 4.83 Å². The van der Waals surface area contributed by atoms with Crippen molar-refractivity contribution in [3.8, 4) is 0 Å². The van der Waals surface area contributed by atoms with Gasteiger partial charge in [0.2, 0.25) is 0 Å². The van der Waals surface area contributed by atoms with Crippen LogP contribution in [0.4, 0.5) is 4.79 Å². The summed E-state index contributed by atoms with van der Waals surface area (Å²) >= 11 is 0. The van der Waals surface area contributed by atoms with E-state index < -0.39 is 15.6 Å². The van der Waals surface area contributed by atoms with Crippen LogP contribution in [-0.4, -0.2) is 44.3 Å². The number of nitrogens with one attached hydrogen (secondary N) is 1. The first-order valence-electron chi connectivity index (χ1n) is 8.67. The Morgan fingerprint density at radius 3 is 2.46 bits per heavy atom. The molecule has 7 nitrogen and oxygen atoms in total. The van der Waals surface area contributed by atoms with Crippen molar-refractivity contribution in [3.05, 3.63) is 29.8 Å². The number of hydrogen-bond acceptors (Lipinski definition) is 5. The lowest BCUT2D eigenvalue weighted by Gasteiger charge is -2.32. The van der Waals surface area contributed by atoms with Crippen molar-refractivity contribution in [3.63, 3.8) is 0 Å². The van der Waals surface area contributed by atoms with Gasteiger partial charge in [0.15, 0.2) is 0 Å². The number of hydrazone groups is 1. The molecular formula is C18H27N3O4S. The van der Waals surface area contributed by atoms with Gasteiger partial charge in [-0.05, 0) is 58.1 Å². The number of carbonyl (C=O) groups is 1. The van der Waals surface area contributed by atoms with Gasteiger partial charge in [-0.15, -0.1) is 0 Å². The van der Waals surface area contributed by atoms with Crippen molar-refractivity contribution in [1.29, 1.82) is 0 Å². The number of nitrogens with zero attached hydrogens (tertiary/aromatic N) is 2. The van der Waals surface area contributed by atoms with Crippen LogP contribution in [0.15, 0.2) is 34.3 Å². The highest BCUT2D eigenvalue weighted by molar-refractivity contribution is 7.89. The Bertz CT molecular complexity index is 761. The van der Waals surface area contributed by atoms with E-state index in [1.54, 1.807) is 42.3 Å². The molecule has 0 saturated carbocycles. The fraction of sp³-hybridized carbons (Fsp3) is 0.556. The molecule has 0 aromatic heterocycles. The second kappa shape index (κ2) is 8.07. The number of sulfonamides is 1. The lowest BCUT2D eigenvalue weighted by Crippen LogP contribution is -2.42. The van der Waals surface area contributed by atoms with Crippen LogP contribution in [-0.2, 0) is 14.8 Å². The van der Waals surface area contributed by atoms with Gasteiger partial charge in [0, 0.05) is 19.3 Å². The van der Waals surface area contributed by atoms with Crippen molar-refractivity contribution in [2.24, 2.45) is 11.0 Å². The molecule has 0 spiro atoms. The summed E-state index contributed by atoms with van der Waals surface area (Å²) in [5.41, 5.74) is 0.157. The molecule has 0 atom stereocenters. The van der Waals surface area contributed by atoms with Crippen molar-refractivity contribution in [2.45, 2.75) is 51.0 Å². The Morgan fingerprint density at radius 2 is 1.88 bits per heavy atom. The van der Waals surface area contributed by atoms with E-state index in [4.69, 9.17) is 4.74 Å². The van der Waals surface area contributed by atoms with Crippen LogP contribution in [0, 0.1) is 12.8 Å². The number of aryl methyl sites for hydroxylation is 1. The molecular weight excluding hydrogens is 354 g/mol. The summed E-state index contributed by atoms with van der Waals surface area (Å²) in [6.07, 6.45) is 2.74. The first-order chi connectivity index (χ1) is 12.1. The van der Waals surface area contributed by atoms with E-state index in [0.29, 0.717) is 18.7 Å². The predicted molar refractivity (Wildman–Crippen MR) is 101 cm³/mol. The normalized spacial score (nSPS) is 16.7. The van der Waals surface area contributed by atoms with Gasteiger partial charge < -0.3 is 9.64 Å². The summed E-state index contributed by atoms with van der Waals surface area (Å²) in [6.45, 7) is 8.39. The summed E-state index contributed by atoms with van der Waals surface area (Å²) in [6, 6.07) is 6.75. The Balaban J connectivity index is 1.86. The second-order valence-electron chi connectivity index (χ2n) is 7.44. The van der Waals surface area contributed by atoms with Gasteiger partial charge >= 0.3 is 6.09 Å². The topological polar surface area (TPSA) is 88.1 Å². The third kappa shape index (κ3) is 5.72. The van der Waals surface area contributed by atoms with E-state index in [1.807, 2.05) is 20.8 Å². The van der Waals surface area contributed by atoms with E-state index in [1.165, 1.54) is 0 Å². The van der Waals surface area contributed by atoms with Crippen LogP contribution in [0.5, 0.6) is 0 Å². The van der Waals surface area contributed by atoms with Crippen LogP contribution in [0.2, 0.25) is 0 Å². The maximum atomic E-state index is 12.3. The quantitative estimate of drug-likeness (QED) is 0.642. The maximum Gasteiger partial charge on any atom is 0.410 e. The highest BCUT2D eigenvalue weighted by Crippen LogP contribution is 2.19. The monoisotopic (exact) mass is 381 g/mol. The smallest absolute Gasteiger partial charge is 0.410 e. The van der Waals surface area contributed by atoms with Gasteiger partial charge in [-0.1, -0.05) is 18.2 Å². The molecule has 0 bridgehead atoms. The Labute approximate surface area is 155 Å². The Hall–Kier alpha value is -2.09. The van der Waals surface area contributed by atoms with Gasteiger partial charge in [-0.25, -0.2) is 9.63 Å². The van der Waals surface area contributed by atoms with Crippen molar-refractivity contribution < 1.29 is 17.9 Å². The SMILES string of the molecule is Cc1ccccc1S(=O)(=O)N/N=C/C1CCN(C(=O)OC(C)(C)C)CC1. The van der Waals surface area contributed by atoms with Crippen molar-refractivity contribution in [2.75, 3.05) is 13.1 Å². The minimum Gasteiger partial charge on any atom is -0.444 e. The number of benzene rings is 1. The van der Waals surface area contributed by atoms with E-state index in [-0.39, 0.29) is 16.9 Å². The van der Waals surface area contributed by atoms with Crippen molar-refractivity contribution in [1.82, 2.24) is 9.73 Å². The second-order valence-corrected chi connectivity index (χ2v) is 9.07. The molecule has 1 saturated heterocycles. The number of ether oxygens (including phenoxy) is 1. The molecule has 1 aliphatic rings. The number of piperidine rings is 1. The highest BCUT2D eigenvalue weighted by atomic mass is 32.2. The summed E-state index contributed by atoms with van der Waals surface area (Å²) in [7, 11) is -3.67. The Kier molecular flexibility index (Phi) is 6.28. The number of rotatable bonds is 4. The van der Waals surface area contributed by atoms with E-state index in [0.717, 1.165) is 12.8 Å². The molecule has 26 heavy (non-hydrogen) atoms. The lowest BCUT2D eigenvalue weighted by molar-refractivity contribution is 0.0203. The zero-order valence-electron chi connectivity index (χ0n) is 15.7. The predicted octanol–water partition coefficient (Wildman–Crippen LogP) is 2.91. The third-order valence-electron chi connectivity index (χ3n) is 4.03. The fourth-order valence-electron chi connectivity index (χ4n) is 2.67. The molecule has 1 aromatic rings. The lowest BCUT2D eigenvalue weighted by atomic mass is 9.99. The molecule has 1 N–H and O–H groups in total. The molecule has 1 fully saturated rings. The zero-order chi connectivity index (χ0) is 19.4. The van der Waals surface area contributed by atoms with Crippen LogP contribution in [0.25, 0.3) is 0 Å². The molecule has 8 heteroatoms. The maximum absolute atomic E-state index is 12.3. The van der Waals surface area contributed by atoms with E-state index in [2.05, 4.69) is 9.93 Å². The Morgan fingerprint density at radius 1 is 1.27 bits per heavy atom. The van der Waals surface area contributed by atoms with Crippen molar-refractivity contribution >= 4 is 22.3 Å². The minimum absolute atomic E-state index is 0.119. The number of amides is 1. The molecule has 2 rings (SSSR count). The summed E-state index contributed by atoms with van der Waals surface area (Å²) in [5, 5.41) is 3.92. The van der Waals surface area contributed by atoms with Gasteiger partial charge in [0.25, 0.3) is 10.0 Å². The molecule has 0 radical (unpaired) electrons. The molecule has 1 aliphatic heterocycles. The molecule has 0 aliphatic carbocycles. The average Bonchev–Trinajstić information content (AvgIpc) is 2.54. The number of carbonyl (C=O) groups excluding carboxylic acids is 1. The molecule has 1 heterocycles. The average molecular weight is 381 g/mol. The zero-order valence-corrected chi connectivity index (χ0v) is 16.5. The molecule has 144 valence electrons. The first-order valence-corrected chi connectivity index (χ1v) is 10.2. The van der Waals surface area contributed by atoms with Gasteiger partial charge in [0.1, 0.15) is 5.60 Å². The molecule has 0 unspecified atom stereocenters. The van der Waals surface area contributed by atoms with Crippen LogP contribution >= 0.6 is 0 Å². The largest absolute Gasteiger partial charge is 0.444 e. The summed E-state index contributed by atoms with van der Waals surface area (Å²) in [5.74, 6) is 0.119. The van der Waals surface area contributed by atoms with E-state index in [9.17, 15) is 13.2 Å².